The molecule has 24 heavy (non-hydrogen) atoms. The molecule has 2 aliphatic heterocycles. The van der Waals surface area contributed by atoms with Crippen LogP contribution >= 0.6 is 11.8 Å². The average molecular weight is 333 g/mol. The molecule has 1 saturated heterocycles. The molecule has 4 nitrogen and oxygen atoms in total. The van der Waals surface area contributed by atoms with Gasteiger partial charge < -0.3 is 5.32 Å². The molecule has 4 rings (SSSR count). The van der Waals surface area contributed by atoms with E-state index in [1.54, 1.807) is 0 Å². The van der Waals surface area contributed by atoms with Gasteiger partial charge in [0.2, 0.25) is 5.91 Å². The Labute approximate surface area is 144 Å². The second-order valence-electron chi connectivity index (χ2n) is 5.54. The lowest BCUT2D eigenvalue weighted by Crippen LogP contribution is -2.28. The van der Waals surface area contributed by atoms with Gasteiger partial charge in [0.25, 0.3) is 0 Å². The molecule has 0 aromatic heterocycles. The summed E-state index contributed by atoms with van der Waals surface area (Å²) >= 11 is 1.53. The standard InChI is InChI=1S/C19H15N3OS/c20-18-15(11-17(23)22(18)14-9-5-2-6-10-14)19-21-16(12-24-19)13-7-3-1-4-8-13/h1-10,12,20-21H,11H2/b19-15-,20-18?. The van der Waals surface area contributed by atoms with Crippen LogP contribution in [0.1, 0.15) is 12.0 Å². The number of amidine groups is 1. The van der Waals surface area contributed by atoms with Crippen molar-refractivity contribution in [3.05, 3.63) is 82.2 Å². The molecule has 118 valence electrons. The van der Waals surface area contributed by atoms with Crippen molar-refractivity contribution in [3.8, 4) is 0 Å². The van der Waals surface area contributed by atoms with Crippen LogP contribution in [-0.2, 0) is 4.79 Å². The molecule has 2 aromatic rings. The third kappa shape index (κ3) is 2.53. The van der Waals surface area contributed by atoms with E-state index in [9.17, 15) is 4.79 Å². The van der Waals surface area contributed by atoms with Crippen LogP contribution in [0, 0.1) is 5.41 Å². The van der Waals surface area contributed by atoms with Crippen molar-refractivity contribution in [3.63, 3.8) is 0 Å². The predicted molar refractivity (Wildman–Crippen MR) is 98.4 cm³/mol. The van der Waals surface area contributed by atoms with E-state index in [0.717, 1.165) is 27.6 Å². The number of thioether (sulfide) groups is 1. The van der Waals surface area contributed by atoms with Crippen LogP contribution in [0.25, 0.3) is 5.70 Å². The number of hydrogen-bond donors (Lipinski definition) is 2. The molecule has 1 amide bonds. The summed E-state index contributed by atoms with van der Waals surface area (Å²) in [6.07, 6.45) is 0.249. The Morgan fingerprint density at radius 2 is 1.67 bits per heavy atom. The summed E-state index contributed by atoms with van der Waals surface area (Å²) < 4.78 is 0. The maximum Gasteiger partial charge on any atom is 0.237 e. The summed E-state index contributed by atoms with van der Waals surface area (Å²) in [4.78, 5) is 13.9. The monoisotopic (exact) mass is 333 g/mol. The molecule has 0 unspecified atom stereocenters. The molecule has 0 atom stereocenters. The van der Waals surface area contributed by atoms with Gasteiger partial charge in [-0.3, -0.25) is 15.1 Å². The fraction of sp³-hybridized carbons (Fsp3) is 0.0526. The van der Waals surface area contributed by atoms with Gasteiger partial charge in [0.1, 0.15) is 5.84 Å². The SMILES string of the molecule is N=C1/C(=C2/NC(c3ccccc3)=CS2)CC(=O)N1c1ccccc1. The Bertz CT molecular complexity index is 872. The summed E-state index contributed by atoms with van der Waals surface area (Å²) in [7, 11) is 0. The van der Waals surface area contributed by atoms with E-state index in [4.69, 9.17) is 5.41 Å². The van der Waals surface area contributed by atoms with Crippen molar-refractivity contribution < 1.29 is 4.79 Å². The zero-order valence-corrected chi connectivity index (χ0v) is 13.6. The molecule has 0 saturated carbocycles. The highest BCUT2D eigenvalue weighted by Crippen LogP contribution is 2.36. The van der Waals surface area contributed by atoms with E-state index in [1.807, 2.05) is 66.1 Å². The van der Waals surface area contributed by atoms with Crippen molar-refractivity contribution in [1.82, 2.24) is 5.32 Å². The molecular formula is C19H15N3OS. The molecule has 0 bridgehead atoms. The van der Waals surface area contributed by atoms with Crippen LogP contribution < -0.4 is 10.2 Å². The number of nitrogens with one attached hydrogen (secondary N) is 2. The number of carbonyl (C=O) groups excluding carboxylic acids is 1. The number of amides is 1. The van der Waals surface area contributed by atoms with Gasteiger partial charge in [-0.1, -0.05) is 60.3 Å². The molecular weight excluding hydrogens is 318 g/mol. The third-order valence-electron chi connectivity index (χ3n) is 4.00. The maximum atomic E-state index is 12.4. The summed E-state index contributed by atoms with van der Waals surface area (Å²) in [5, 5.41) is 14.7. The average Bonchev–Trinajstić information content (AvgIpc) is 3.21. The zero-order chi connectivity index (χ0) is 16.5. The number of benzene rings is 2. The van der Waals surface area contributed by atoms with Crippen molar-refractivity contribution in [2.24, 2.45) is 0 Å². The fourth-order valence-electron chi connectivity index (χ4n) is 2.82. The van der Waals surface area contributed by atoms with E-state index >= 15 is 0 Å². The smallest absolute Gasteiger partial charge is 0.237 e. The van der Waals surface area contributed by atoms with Crippen molar-refractivity contribution in [2.45, 2.75) is 6.42 Å². The summed E-state index contributed by atoms with van der Waals surface area (Å²) in [5.74, 6) is 0.188. The van der Waals surface area contributed by atoms with Crippen LogP contribution in [0.3, 0.4) is 0 Å². The van der Waals surface area contributed by atoms with Crippen LogP contribution in [0.2, 0.25) is 0 Å². The lowest BCUT2D eigenvalue weighted by atomic mass is 10.2. The number of hydrogen-bond acceptors (Lipinski definition) is 4. The molecule has 1 fully saturated rings. The lowest BCUT2D eigenvalue weighted by Gasteiger charge is -2.16. The van der Waals surface area contributed by atoms with E-state index in [2.05, 4.69) is 5.32 Å². The Morgan fingerprint density at radius 3 is 2.38 bits per heavy atom. The number of carbonyl (C=O) groups is 1. The first kappa shape index (κ1) is 14.8. The number of para-hydroxylation sites is 1. The largest absolute Gasteiger partial charge is 0.349 e. The van der Waals surface area contributed by atoms with E-state index < -0.39 is 0 Å². The van der Waals surface area contributed by atoms with Gasteiger partial charge in [0, 0.05) is 11.0 Å². The van der Waals surface area contributed by atoms with Crippen molar-refractivity contribution in [1.29, 1.82) is 5.41 Å². The molecule has 2 N–H and O–H groups in total. The first-order valence-electron chi connectivity index (χ1n) is 7.63. The normalized spacial score (nSPS) is 20.3. The van der Waals surface area contributed by atoms with Gasteiger partial charge in [-0.25, -0.2) is 0 Å². The maximum absolute atomic E-state index is 12.4. The highest BCUT2D eigenvalue weighted by atomic mass is 32.2. The van der Waals surface area contributed by atoms with E-state index in [1.165, 1.54) is 16.7 Å². The van der Waals surface area contributed by atoms with E-state index in [0.29, 0.717) is 0 Å². The van der Waals surface area contributed by atoms with Crippen molar-refractivity contribution in [2.75, 3.05) is 4.90 Å². The Balaban J connectivity index is 1.61. The minimum atomic E-state index is -0.0655. The number of anilines is 1. The first-order chi connectivity index (χ1) is 11.7. The van der Waals surface area contributed by atoms with Gasteiger partial charge in [0.05, 0.1) is 22.8 Å². The molecule has 2 heterocycles. The van der Waals surface area contributed by atoms with Gasteiger partial charge in [-0.2, -0.15) is 0 Å². The summed E-state index contributed by atoms with van der Waals surface area (Å²) in [5.41, 5.74) is 3.58. The second kappa shape index (κ2) is 6.02. The molecule has 0 spiro atoms. The van der Waals surface area contributed by atoms with Crippen LogP contribution in [0.15, 0.2) is 76.7 Å². The zero-order valence-electron chi connectivity index (χ0n) is 12.8. The molecule has 5 heteroatoms. The summed E-state index contributed by atoms with van der Waals surface area (Å²) in [6.45, 7) is 0. The number of nitrogens with zero attached hydrogens (tertiary/aromatic N) is 1. The number of rotatable bonds is 2. The second-order valence-corrected chi connectivity index (χ2v) is 6.42. The van der Waals surface area contributed by atoms with Gasteiger partial charge in [-0.05, 0) is 17.7 Å². The minimum absolute atomic E-state index is 0.0655. The highest BCUT2D eigenvalue weighted by molar-refractivity contribution is 8.06. The van der Waals surface area contributed by atoms with Crippen LogP contribution in [-0.4, -0.2) is 11.7 Å². The van der Waals surface area contributed by atoms with Crippen molar-refractivity contribution >= 4 is 34.9 Å². The third-order valence-corrected chi connectivity index (χ3v) is 4.94. The minimum Gasteiger partial charge on any atom is -0.349 e. The van der Waals surface area contributed by atoms with Crippen LogP contribution in [0.5, 0.6) is 0 Å². The highest BCUT2D eigenvalue weighted by Gasteiger charge is 2.35. The molecule has 0 aliphatic carbocycles. The first-order valence-corrected chi connectivity index (χ1v) is 8.51. The quantitative estimate of drug-likeness (QED) is 0.875. The molecule has 2 aromatic carbocycles. The lowest BCUT2D eigenvalue weighted by molar-refractivity contribution is -0.116. The van der Waals surface area contributed by atoms with Gasteiger partial charge >= 0.3 is 0 Å². The predicted octanol–water partition coefficient (Wildman–Crippen LogP) is 3.95. The summed E-state index contributed by atoms with van der Waals surface area (Å²) in [6, 6.07) is 19.4. The Morgan fingerprint density at radius 1 is 1.00 bits per heavy atom. The Hall–Kier alpha value is -2.79. The van der Waals surface area contributed by atoms with E-state index in [-0.39, 0.29) is 18.2 Å². The Kier molecular flexibility index (Phi) is 3.70. The van der Waals surface area contributed by atoms with Gasteiger partial charge in [0.15, 0.2) is 0 Å². The topological polar surface area (TPSA) is 56.2 Å². The molecule has 2 aliphatic rings. The fourth-order valence-corrected chi connectivity index (χ4v) is 3.73. The molecule has 0 radical (unpaired) electrons. The van der Waals surface area contributed by atoms with Crippen LogP contribution in [0.4, 0.5) is 5.69 Å². The van der Waals surface area contributed by atoms with Gasteiger partial charge in [-0.15, -0.1) is 0 Å².